The predicted octanol–water partition coefficient (Wildman–Crippen LogP) is 4.14. The summed E-state index contributed by atoms with van der Waals surface area (Å²) >= 11 is 3.57. The fourth-order valence-electron chi connectivity index (χ4n) is 5.44. The number of fused-ring (bicyclic) bond motifs is 4. The molecule has 0 aliphatic carbocycles. The van der Waals surface area contributed by atoms with Crippen molar-refractivity contribution in [2.45, 2.75) is 38.5 Å². The number of likely N-dealkylation sites (tertiary alicyclic amines) is 1. The summed E-state index contributed by atoms with van der Waals surface area (Å²) < 4.78 is 14.4. The molecule has 1 aromatic carbocycles. The van der Waals surface area contributed by atoms with Gasteiger partial charge in [0, 0.05) is 55.0 Å². The van der Waals surface area contributed by atoms with Crippen molar-refractivity contribution in [2.24, 2.45) is 0 Å². The standard InChI is InChI=1S/C27H29BrN6O3/c1-27(2,3)37-26(35)32-13-20(14-32)31-6-7-33-21(15-31)16-36-24-8-17(4-5-23(24)33)22-9-19(28)12-34-25(22)18(10-29)11-30-34/h4-5,8-9,11-12,20-21H,6-7,13-16H2,1-3H3/t21-/m1/s1. The molecule has 0 spiro atoms. The van der Waals surface area contributed by atoms with E-state index in [0.29, 0.717) is 31.3 Å². The molecule has 1 amide bonds. The Kier molecular flexibility index (Phi) is 5.81. The third kappa shape index (κ3) is 4.40. The number of hydrogen-bond donors (Lipinski definition) is 0. The summed E-state index contributed by atoms with van der Waals surface area (Å²) in [6.07, 6.45) is 3.22. The second-order valence-electron chi connectivity index (χ2n) is 10.9. The number of nitrogens with zero attached hydrogens (tertiary/aromatic N) is 6. The van der Waals surface area contributed by atoms with Gasteiger partial charge in [0.15, 0.2) is 0 Å². The minimum absolute atomic E-state index is 0.228. The van der Waals surface area contributed by atoms with E-state index in [2.05, 4.69) is 55.1 Å². The summed E-state index contributed by atoms with van der Waals surface area (Å²) in [6, 6.07) is 11.2. The van der Waals surface area contributed by atoms with Crippen LogP contribution in [0.15, 0.2) is 41.1 Å². The molecule has 3 aliphatic heterocycles. The van der Waals surface area contributed by atoms with Crippen molar-refractivity contribution < 1.29 is 14.3 Å². The predicted molar refractivity (Wildman–Crippen MR) is 143 cm³/mol. The first-order valence-corrected chi connectivity index (χ1v) is 13.3. The highest BCUT2D eigenvalue weighted by Crippen LogP contribution is 2.40. The van der Waals surface area contributed by atoms with Crippen LogP contribution in [-0.2, 0) is 4.74 Å². The molecule has 6 rings (SSSR count). The Bertz CT molecular complexity index is 1420. The van der Waals surface area contributed by atoms with Crippen molar-refractivity contribution in [2.75, 3.05) is 44.2 Å². The molecule has 3 aliphatic rings. The summed E-state index contributed by atoms with van der Waals surface area (Å²) in [5.41, 5.74) is 3.87. The lowest BCUT2D eigenvalue weighted by molar-refractivity contribution is -0.0202. The third-order valence-corrected chi connectivity index (χ3v) is 7.69. The monoisotopic (exact) mass is 564 g/mol. The van der Waals surface area contributed by atoms with Crippen molar-refractivity contribution in [3.63, 3.8) is 0 Å². The Balaban J connectivity index is 1.17. The van der Waals surface area contributed by atoms with E-state index in [1.165, 1.54) is 0 Å². The lowest BCUT2D eigenvalue weighted by Gasteiger charge is -2.51. The molecule has 0 unspecified atom stereocenters. The molecule has 192 valence electrons. The molecule has 0 N–H and O–H groups in total. The molecule has 2 saturated heterocycles. The highest BCUT2D eigenvalue weighted by atomic mass is 79.9. The van der Waals surface area contributed by atoms with E-state index in [9.17, 15) is 10.1 Å². The first kappa shape index (κ1) is 24.1. The van der Waals surface area contributed by atoms with Crippen LogP contribution < -0.4 is 9.64 Å². The van der Waals surface area contributed by atoms with Crippen LogP contribution in [-0.4, -0.2) is 82.5 Å². The van der Waals surface area contributed by atoms with E-state index in [0.717, 1.165) is 52.2 Å². The molecule has 37 heavy (non-hydrogen) atoms. The van der Waals surface area contributed by atoms with Crippen LogP contribution in [0.4, 0.5) is 10.5 Å². The number of hydrogen-bond acceptors (Lipinski definition) is 7. The number of benzene rings is 1. The lowest BCUT2D eigenvalue weighted by atomic mass is 9.99. The van der Waals surface area contributed by atoms with Crippen LogP contribution in [0.3, 0.4) is 0 Å². The number of halogens is 1. The van der Waals surface area contributed by atoms with Crippen LogP contribution >= 0.6 is 15.9 Å². The van der Waals surface area contributed by atoms with Crippen molar-refractivity contribution in [1.82, 2.24) is 19.4 Å². The zero-order valence-corrected chi connectivity index (χ0v) is 22.7. The van der Waals surface area contributed by atoms with Crippen LogP contribution in [0.1, 0.15) is 26.3 Å². The molecule has 10 heteroatoms. The number of carbonyl (C=O) groups is 1. The maximum Gasteiger partial charge on any atom is 0.410 e. The molecule has 2 aromatic heterocycles. The average molecular weight is 565 g/mol. The number of nitriles is 1. The molecule has 1 atom stereocenters. The van der Waals surface area contributed by atoms with Gasteiger partial charge in [0.25, 0.3) is 0 Å². The Morgan fingerprint density at radius 2 is 2.00 bits per heavy atom. The van der Waals surface area contributed by atoms with Gasteiger partial charge in [-0.05, 0) is 60.5 Å². The van der Waals surface area contributed by atoms with E-state index in [-0.39, 0.29) is 12.1 Å². The Morgan fingerprint density at radius 1 is 1.19 bits per heavy atom. The summed E-state index contributed by atoms with van der Waals surface area (Å²) in [7, 11) is 0. The summed E-state index contributed by atoms with van der Waals surface area (Å²) in [5.74, 6) is 0.859. The second kappa shape index (κ2) is 8.92. The Labute approximate surface area is 224 Å². The quantitative estimate of drug-likeness (QED) is 0.462. The number of rotatable bonds is 2. The molecular formula is C27H29BrN6O3. The van der Waals surface area contributed by atoms with Gasteiger partial charge in [0.05, 0.1) is 29.0 Å². The molecule has 2 fully saturated rings. The van der Waals surface area contributed by atoms with E-state index < -0.39 is 5.60 Å². The van der Waals surface area contributed by atoms with Gasteiger partial charge in [-0.3, -0.25) is 4.90 Å². The normalized spacial score (nSPS) is 20.0. The van der Waals surface area contributed by atoms with E-state index in [1.807, 2.05) is 33.0 Å². The molecule has 3 aromatic rings. The minimum atomic E-state index is -0.472. The van der Waals surface area contributed by atoms with E-state index in [1.54, 1.807) is 15.6 Å². The maximum atomic E-state index is 12.3. The fraction of sp³-hybridized carbons (Fsp3) is 0.444. The number of pyridine rings is 1. The SMILES string of the molecule is CC(C)(C)OC(=O)N1CC(N2CCN3c4ccc(-c5cc(Br)cn6ncc(C#N)c56)cc4OC[C@H]3C2)C1. The smallest absolute Gasteiger partial charge is 0.410 e. The van der Waals surface area contributed by atoms with E-state index in [4.69, 9.17) is 9.47 Å². The first-order chi connectivity index (χ1) is 17.7. The Hall–Kier alpha value is -3.29. The van der Waals surface area contributed by atoms with Crippen molar-refractivity contribution >= 4 is 33.2 Å². The summed E-state index contributed by atoms with van der Waals surface area (Å²) in [4.78, 5) is 19.0. The van der Waals surface area contributed by atoms with Gasteiger partial charge in [-0.15, -0.1) is 0 Å². The number of amides is 1. The van der Waals surface area contributed by atoms with Crippen molar-refractivity contribution in [1.29, 1.82) is 5.26 Å². The molecule has 0 radical (unpaired) electrons. The number of ether oxygens (including phenoxy) is 2. The largest absolute Gasteiger partial charge is 0.489 e. The van der Waals surface area contributed by atoms with Crippen LogP contribution in [0.25, 0.3) is 16.6 Å². The van der Waals surface area contributed by atoms with Gasteiger partial charge >= 0.3 is 6.09 Å². The van der Waals surface area contributed by atoms with Crippen LogP contribution in [0.5, 0.6) is 5.75 Å². The Morgan fingerprint density at radius 3 is 2.76 bits per heavy atom. The molecule has 5 heterocycles. The maximum absolute atomic E-state index is 12.3. The topological polar surface area (TPSA) is 86.3 Å². The lowest BCUT2D eigenvalue weighted by Crippen LogP contribution is -2.67. The fourth-order valence-corrected chi connectivity index (χ4v) is 5.87. The van der Waals surface area contributed by atoms with Crippen molar-refractivity contribution in [3.8, 4) is 22.9 Å². The summed E-state index contributed by atoms with van der Waals surface area (Å²) in [6.45, 7) is 10.5. The molecule has 0 saturated carbocycles. The molecule has 9 nitrogen and oxygen atoms in total. The summed E-state index contributed by atoms with van der Waals surface area (Å²) in [5, 5.41) is 13.9. The van der Waals surface area contributed by atoms with Crippen LogP contribution in [0.2, 0.25) is 0 Å². The average Bonchev–Trinajstić information content (AvgIpc) is 3.23. The first-order valence-electron chi connectivity index (χ1n) is 12.5. The number of anilines is 1. The zero-order chi connectivity index (χ0) is 25.9. The number of aromatic nitrogens is 2. The highest BCUT2D eigenvalue weighted by molar-refractivity contribution is 9.10. The van der Waals surface area contributed by atoms with Gasteiger partial charge in [0.2, 0.25) is 0 Å². The van der Waals surface area contributed by atoms with Crippen LogP contribution in [0, 0.1) is 11.3 Å². The van der Waals surface area contributed by atoms with Gasteiger partial charge in [-0.25, -0.2) is 9.31 Å². The minimum Gasteiger partial charge on any atom is -0.489 e. The van der Waals surface area contributed by atoms with Gasteiger partial charge in [-0.1, -0.05) is 6.07 Å². The van der Waals surface area contributed by atoms with Gasteiger partial charge in [-0.2, -0.15) is 10.4 Å². The van der Waals surface area contributed by atoms with E-state index >= 15 is 0 Å². The molecular weight excluding hydrogens is 536 g/mol. The van der Waals surface area contributed by atoms with Gasteiger partial charge in [0.1, 0.15) is 24.0 Å². The number of piperazine rings is 1. The number of carbonyl (C=O) groups excluding carboxylic acids is 1. The molecule has 0 bridgehead atoms. The second-order valence-corrected chi connectivity index (χ2v) is 11.8. The van der Waals surface area contributed by atoms with Crippen molar-refractivity contribution in [3.05, 3.63) is 46.7 Å². The van der Waals surface area contributed by atoms with Gasteiger partial charge < -0.3 is 19.3 Å². The highest BCUT2D eigenvalue weighted by Gasteiger charge is 2.41. The third-order valence-electron chi connectivity index (χ3n) is 7.25. The zero-order valence-electron chi connectivity index (χ0n) is 21.1.